The minimum atomic E-state index is -4.62. The highest BCUT2D eigenvalue weighted by molar-refractivity contribution is 6.03. The van der Waals surface area contributed by atoms with Crippen LogP contribution in [0.5, 0.6) is 0 Å². The molecule has 0 atom stereocenters. The van der Waals surface area contributed by atoms with Gasteiger partial charge in [-0.25, -0.2) is 4.68 Å². The van der Waals surface area contributed by atoms with E-state index in [1.54, 1.807) is 12.1 Å². The molecule has 1 aromatic heterocycles. The lowest BCUT2D eigenvalue weighted by Crippen LogP contribution is -2.27. The molecule has 1 amide bonds. The smallest absolute Gasteiger partial charge is 0.320 e. The first-order valence-electron chi connectivity index (χ1n) is 8.74. The van der Waals surface area contributed by atoms with E-state index in [0.717, 1.165) is 27.9 Å². The van der Waals surface area contributed by atoms with Gasteiger partial charge < -0.3 is 5.32 Å². The summed E-state index contributed by atoms with van der Waals surface area (Å²) in [5.41, 5.74) is 0.0823. The molecule has 0 saturated heterocycles. The number of carbonyl (C=O) groups is 1. The molecule has 150 valence electrons. The lowest BCUT2D eigenvalue weighted by Gasteiger charge is -2.17. The van der Waals surface area contributed by atoms with Crippen molar-refractivity contribution in [2.45, 2.75) is 26.9 Å². The number of benzene rings is 2. The van der Waals surface area contributed by atoms with Crippen LogP contribution in [0.1, 0.15) is 32.9 Å². The third-order valence-electron chi connectivity index (χ3n) is 4.61. The number of para-hydroxylation sites is 1. The number of hydrogen-bond donors (Lipinski definition) is 1. The van der Waals surface area contributed by atoms with Crippen LogP contribution in [0.4, 0.5) is 18.9 Å². The first-order valence-corrected chi connectivity index (χ1v) is 8.74. The number of alkyl halides is 3. The van der Waals surface area contributed by atoms with Crippen molar-refractivity contribution in [3.63, 3.8) is 0 Å². The fourth-order valence-corrected chi connectivity index (χ4v) is 2.91. The Kier molecular flexibility index (Phi) is 5.28. The van der Waals surface area contributed by atoms with Crippen LogP contribution in [0.25, 0.3) is 5.69 Å². The standard InChI is InChI=1S/C21H18F3N3O2/c1-12-7-6-9-16(14(12)3)25-20(29)19-18(28)11-13(2)27(26-19)17-10-5-4-8-15(17)21(22,23)24/h4-11H,1-3H3,(H,25,29). The number of aromatic nitrogens is 2. The fraction of sp³-hybridized carbons (Fsp3) is 0.190. The summed E-state index contributed by atoms with van der Waals surface area (Å²) in [7, 11) is 0. The number of anilines is 1. The van der Waals surface area contributed by atoms with Crippen LogP contribution in [0.2, 0.25) is 0 Å². The van der Waals surface area contributed by atoms with E-state index in [9.17, 15) is 22.8 Å². The van der Waals surface area contributed by atoms with Crippen molar-refractivity contribution in [3.05, 3.63) is 86.8 Å². The quantitative estimate of drug-likeness (QED) is 0.706. The molecule has 0 aliphatic heterocycles. The minimum Gasteiger partial charge on any atom is -0.320 e. The van der Waals surface area contributed by atoms with Crippen molar-refractivity contribution >= 4 is 11.6 Å². The number of aryl methyl sites for hydroxylation is 2. The summed E-state index contributed by atoms with van der Waals surface area (Å²) in [6.45, 7) is 5.13. The molecule has 5 nitrogen and oxygen atoms in total. The molecule has 0 bridgehead atoms. The van der Waals surface area contributed by atoms with Gasteiger partial charge in [0.25, 0.3) is 5.91 Å². The fourth-order valence-electron chi connectivity index (χ4n) is 2.91. The molecule has 0 fully saturated rings. The average molecular weight is 401 g/mol. The molecule has 0 aliphatic carbocycles. The zero-order valence-corrected chi connectivity index (χ0v) is 16.0. The predicted octanol–water partition coefficient (Wildman–Crippen LogP) is 4.43. The first-order chi connectivity index (χ1) is 13.6. The molecule has 0 radical (unpaired) electrons. The molecule has 3 aromatic rings. The van der Waals surface area contributed by atoms with Crippen molar-refractivity contribution in [1.82, 2.24) is 9.78 Å². The Balaban J connectivity index is 2.09. The van der Waals surface area contributed by atoms with Gasteiger partial charge in [-0.15, -0.1) is 0 Å². The SMILES string of the molecule is Cc1cccc(NC(=O)c2nn(-c3ccccc3C(F)(F)F)c(C)cc2=O)c1C. The maximum absolute atomic E-state index is 13.4. The van der Waals surface area contributed by atoms with Crippen LogP contribution >= 0.6 is 0 Å². The van der Waals surface area contributed by atoms with Crippen molar-refractivity contribution in [3.8, 4) is 5.69 Å². The molecular weight excluding hydrogens is 383 g/mol. The molecule has 8 heteroatoms. The van der Waals surface area contributed by atoms with Crippen molar-refractivity contribution in [2.75, 3.05) is 5.32 Å². The summed E-state index contributed by atoms with van der Waals surface area (Å²) in [5, 5.41) is 6.57. The van der Waals surface area contributed by atoms with Crippen LogP contribution in [0.3, 0.4) is 0 Å². The van der Waals surface area contributed by atoms with Crippen LogP contribution in [0, 0.1) is 20.8 Å². The number of halogens is 3. The highest BCUT2D eigenvalue weighted by Crippen LogP contribution is 2.33. The van der Waals surface area contributed by atoms with Gasteiger partial charge in [0.2, 0.25) is 5.43 Å². The second-order valence-electron chi connectivity index (χ2n) is 6.63. The highest BCUT2D eigenvalue weighted by atomic mass is 19.4. The van der Waals surface area contributed by atoms with Gasteiger partial charge in [0.05, 0.1) is 11.3 Å². The molecule has 0 unspecified atom stereocenters. The number of nitrogens with one attached hydrogen (secondary N) is 1. The Labute approximate surface area is 164 Å². The molecule has 3 rings (SSSR count). The van der Waals surface area contributed by atoms with E-state index >= 15 is 0 Å². The zero-order chi connectivity index (χ0) is 21.3. The van der Waals surface area contributed by atoms with Gasteiger partial charge in [-0.3, -0.25) is 9.59 Å². The Hall–Kier alpha value is -3.42. The van der Waals surface area contributed by atoms with E-state index in [0.29, 0.717) is 5.69 Å². The molecule has 0 saturated carbocycles. The average Bonchev–Trinajstić information content (AvgIpc) is 2.65. The molecule has 1 heterocycles. The Morgan fingerprint density at radius 3 is 2.41 bits per heavy atom. The summed E-state index contributed by atoms with van der Waals surface area (Å²) in [4.78, 5) is 25.0. The van der Waals surface area contributed by atoms with E-state index in [-0.39, 0.29) is 11.4 Å². The van der Waals surface area contributed by atoms with Crippen molar-refractivity contribution in [1.29, 1.82) is 0 Å². The highest BCUT2D eigenvalue weighted by Gasteiger charge is 2.34. The summed E-state index contributed by atoms with van der Waals surface area (Å²) in [6.07, 6.45) is -4.62. The van der Waals surface area contributed by atoms with E-state index in [1.165, 1.54) is 25.1 Å². The van der Waals surface area contributed by atoms with Crippen LogP contribution in [-0.2, 0) is 6.18 Å². The summed E-state index contributed by atoms with van der Waals surface area (Å²) in [6, 6.07) is 11.2. The van der Waals surface area contributed by atoms with E-state index in [2.05, 4.69) is 10.4 Å². The largest absolute Gasteiger partial charge is 0.418 e. The van der Waals surface area contributed by atoms with Crippen molar-refractivity contribution in [2.24, 2.45) is 0 Å². The number of hydrogen-bond acceptors (Lipinski definition) is 3. The van der Waals surface area contributed by atoms with E-state index < -0.39 is 28.8 Å². The van der Waals surface area contributed by atoms with Gasteiger partial charge in [-0.05, 0) is 50.1 Å². The van der Waals surface area contributed by atoms with Gasteiger partial charge in [0.1, 0.15) is 0 Å². The molecule has 29 heavy (non-hydrogen) atoms. The second-order valence-corrected chi connectivity index (χ2v) is 6.63. The maximum atomic E-state index is 13.4. The van der Waals surface area contributed by atoms with Crippen LogP contribution in [0.15, 0.2) is 53.3 Å². The maximum Gasteiger partial charge on any atom is 0.418 e. The number of carbonyl (C=O) groups excluding carboxylic acids is 1. The molecule has 0 spiro atoms. The topological polar surface area (TPSA) is 64.0 Å². The van der Waals surface area contributed by atoms with Gasteiger partial charge in [0.15, 0.2) is 5.69 Å². The van der Waals surface area contributed by atoms with Crippen LogP contribution in [-0.4, -0.2) is 15.7 Å². The molecular formula is C21H18F3N3O2. The first kappa shape index (κ1) is 20.3. The normalized spacial score (nSPS) is 11.4. The van der Waals surface area contributed by atoms with E-state index in [1.807, 2.05) is 19.9 Å². The van der Waals surface area contributed by atoms with Gasteiger partial charge in [0, 0.05) is 17.4 Å². The summed E-state index contributed by atoms with van der Waals surface area (Å²) < 4.78 is 41.1. The summed E-state index contributed by atoms with van der Waals surface area (Å²) in [5.74, 6) is -0.790. The van der Waals surface area contributed by atoms with E-state index in [4.69, 9.17) is 0 Å². The lowest BCUT2D eigenvalue weighted by molar-refractivity contribution is -0.137. The third-order valence-corrected chi connectivity index (χ3v) is 4.61. The third kappa shape index (κ3) is 4.06. The number of nitrogens with zero attached hydrogens (tertiary/aromatic N) is 2. The molecule has 0 aliphatic rings. The van der Waals surface area contributed by atoms with Gasteiger partial charge in [-0.1, -0.05) is 24.3 Å². The Morgan fingerprint density at radius 1 is 1.03 bits per heavy atom. The van der Waals surface area contributed by atoms with Gasteiger partial charge in [-0.2, -0.15) is 18.3 Å². The summed E-state index contributed by atoms with van der Waals surface area (Å²) >= 11 is 0. The lowest BCUT2D eigenvalue weighted by atomic mass is 10.1. The Morgan fingerprint density at radius 2 is 1.72 bits per heavy atom. The molecule has 1 N–H and O–H groups in total. The molecule has 2 aromatic carbocycles. The zero-order valence-electron chi connectivity index (χ0n) is 16.0. The van der Waals surface area contributed by atoms with Crippen LogP contribution < -0.4 is 10.7 Å². The number of amides is 1. The monoisotopic (exact) mass is 401 g/mol. The second kappa shape index (κ2) is 7.54. The predicted molar refractivity (Wildman–Crippen MR) is 103 cm³/mol. The van der Waals surface area contributed by atoms with Crippen molar-refractivity contribution < 1.29 is 18.0 Å². The Bertz CT molecular complexity index is 1150. The number of rotatable bonds is 3. The van der Waals surface area contributed by atoms with Gasteiger partial charge >= 0.3 is 6.18 Å². The minimum absolute atomic E-state index is 0.176.